The number of morpholine rings is 1. The van der Waals surface area contributed by atoms with Crippen molar-refractivity contribution in [1.82, 2.24) is 30.0 Å². The Labute approximate surface area is 223 Å². The Bertz CT molecular complexity index is 1410. The number of hydrogen-bond acceptors (Lipinski definition) is 7. The molecular formula is C27H25ClN6O4. The number of rotatable bonds is 5. The van der Waals surface area contributed by atoms with Gasteiger partial charge in [-0.15, -0.1) is 5.10 Å². The number of carbonyl (C=O) groups is 2. The largest absolute Gasteiger partial charge is 0.378 e. The predicted molar refractivity (Wildman–Crippen MR) is 135 cm³/mol. The Kier molecular flexibility index (Phi) is 5.57. The van der Waals surface area contributed by atoms with E-state index in [1.807, 2.05) is 54.6 Å². The number of aromatic nitrogens is 4. The molecule has 7 rings (SSSR count). The zero-order chi connectivity index (χ0) is 25.9. The van der Waals surface area contributed by atoms with E-state index in [2.05, 4.69) is 15.5 Å². The minimum atomic E-state index is -0.861. The first-order valence-corrected chi connectivity index (χ1v) is 13.1. The number of amides is 2. The zero-order valence-electron chi connectivity index (χ0n) is 20.4. The predicted octanol–water partition coefficient (Wildman–Crippen LogP) is 2.05. The second-order valence-corrected chi connectivity index (χ2v) is 10.5. The van der Waals surface area contributed by atoms with E-state index in [4.69, 9.17) is 21.1 Å². The van der Waals surface area contributed by atoms with E-state index < -0.39 is 29.6 Å². The highest BCUT2D eigenvalue weighted by Crippen LogP contribution is 2.54. The van der Waals surface area contributed by atoms with Crippen LogP contribution in [0, 0.1) is 11.8 Å². The molecule has 1 aromatic heterocycles. The zero-order valence-corrected chi connectivity index (χ0v) is 21.1. The lowest BCUT2D eigenvalue weighted by molar-refractivity contribution is -0.146. The molecule has 0 N–H and O–H groups in total. The Morgan fingerprint density at radius 1 is 1.08 bits per heavy atom. The SMILES string of the molecule is O=C([C@H]1[C@H]2C=C[C@@]3(CN([C@H](c4ccccc4)c4nnnn4-c4ccc(Cl)cc4)C(=O)[C@@H]13)O2)N1CCOCC1. The molecule has 0 unspecified atom stereocenters. The summed E-state index contributed by atoms with van der Waals surface area (Å²) in [6.45, 7) is 2.33. The van der Waals surface area contributed by atoms with Gasteiger partial charge in [0.05, 0.1) is 43.4 Å². The fourth-order valence-electron chi connectivity index (χ4n) is 6.26. The van der Waals surface area contributed by atoms with E-state index in [0.717, 1.165) is 11.3 Å². The monoisotopic (exact) mass is 532 g/mol. The number of benzene rings is 2. The van der Waals surface area contributed by atoms with Crippen LogP contribution in [0.25, 0.3) is 5.69 Å². The van der Waals surface area contributed by atoms with Gasteiger partial charge in [-0.25, -0.2) is 0 Å². The average molecular weight is 533 g/mol. The van der Waals surface area contributed by atoms with Crippen LogP contribution in [-0.2, 0) is 19.1 Å². The van der Waals surface area contributed by atoms with Gasteiger partial charge >= 0.3 is 0 Å². The van der Waals surface area contributed by atoms with E-state index in [0.29, 0.717) is 43.7 Å². The van der Waals surface area contributed by atoms with Gasteiger partial charge in [-0.05, 0) is 40.3 Å². The number of halogens is 1. The number of tetrazole rings is 1. The van der Waals surface area contributed by atoms with E-state index in [1.165, 1.54) is 0 Å². The van der Waals surface area contributed by atoms with Crippen molar-refractivity contribution in [2.45, 2.75) is 17.7 Å². The molecule has 194 valence electrons. The number of hydrogen-bond donors (Lipinski definition) is 0. The molecule has 2 bridgehead atoms. The van der Waals surface area contributed by atoms with Crippen molar-refractivity contribution in [3.63, 3.8) is 0 Å². The number of nitrogens with zero attached hydrogens (tertiary/aromatic N) is 6. The number of fused-ring (bicyclic) bond motifs is 1. The van der Waals surface area contributed by atoms with Crippen molar-refractivity contribution in [2.75, 3.05) is 32.8 Å². The van der Waals surface area contributed by atoms with Crippen LogP contribution in [0.3, 0.4) is 0 Å². The van der Waals surface area contributed by atoms with Crippen LogP contribution in [-0.4, -0.2) is 86.4 Å². The van der Waals surface area contributed by atoms with Crippen molar-refractivity contribution >= 4 is 23.4 Å². The molecule has 11 heteroatoms. The average Bonchev–Trinajstić information content (AvgIpc) is 3.72. The van der Waals surface area contributed by atoms with E-state index >= 15 is 0 Å². The van der Waals surface area contributed by atoms with Gasteiger partial charge in [0.2, 0.25) is 11.8 Å². The molecule has 38 heavy (non-hydrogen) atoms. The van der Waals surface area contributed by atoms with Gasteiger partial charge in [0.25, 0.3) is 0 Å². The fraction of sp³-hybridized carbons (Fsp3) is 0.370. The van der Waals surface area contributed by atoms with Crippen LogP contribution in [0.5, 0.6) is 0 Å². The lowest BCUT2D eigenvalue weighted by atomic mass is 9.76. The molecule has 1 spiro atoms. The highest BCUT2D eigenvalue weighted by Gasteiger charge is 2.68. The van der Waals surface area contributed by atoms with Gasteiger partial charge in [0, 0.05) is 18.1 Å². The van der Waals surface area contributed by atoms with Crippen LogP contribution in [0.15, 0.2) is 66.7 Å². The van der Waals surface area contributed by atoms with E-state index in [9.17, 15) is 9.59 Å². The number of carbonyl (C=O) groups excluding carboxylic acids is 2. The number of ether oxygens (including phenoxy) is 2. The van der Waals surface area contributed by atoms with E-state index in [-0.39, 0.29) is 11.8 Å². The van der Waals surface area contributed by atoms with Crippen LogP contribution < -0.4 is 0 Å². The normalized spacial score (nSPS) is 28.7. The summed E-state index contributed by atoms with van der Waals surface area (Å²) in [7, 11) is 0. The summed E-state index contributed by atoms with van der Waals surface area (Å²) < 4.78 is 13.5. The van der Waals surface area contributed by atoms with Crippen LogP contribution in [0.1, 0.15) is 17.4 Å². The lowest BCUT2D eigenvalue weighted by Gasteiger charge is -2.33. The number of likely N-dealkylation sites (tertiary alicyclic amines) is 1. The molecular weight excluding hydrogens is 508 g/mol. The summed E-state index contributed by atoms with van der Waals surface area (Å²) in [4.78, 5) is 31.5. The van der Waals surface area contributed by atoms with Crippen molar-refractivity contribution < 1.29 is 19.1 Å². The van der Waals surface area contributed by atoms with Crippen LogP contribution in [0.4, 0.5) is 0 Å². The maximum absolute atomic E-state index is 14.3. The van der Waals surface area contributed by atoms with Gasteiger partial charge in [0.15, 0.2) is 5.82 Å². The molecule has 4 aliphatic heterocycles. The molecule has 5 heterocycles. The minimum absolute atomic E-state index is 0.0491. The third-order valence-corrected chi connectivity index (χ3v) is 8.23. The van der Waals surface area contributed by atoms with Crippen LogP contribution >= 0.6 is 11.6 Å². The van der Waals surface area contributed by atoms with Gasteiger partial charge in [-0.3, -0.25) is 9.59 Å². The maximum Gasteiger partial charge on any atom is 0.230 e. The highest BCUT2D eigenvalue weighted by atomic mass is 35.5. The quantitative estimate of drug-likeness (QED) is 0.463. The van der Waals surface area contributed by atoms with E-state index in [1.54, 1.807) is 26.6 Å². The summed E-state index contributed by atoms with van der Waals surface area (Å²) in [5.41, 5.74) is 0.717. The second-order valence-electron chi connectivity index (χ2n) is 10.0. The molecule has 0 aliphatic carbocycles. The van der Waals surface area contributed by atoms with Crippen molar-refractivity contribution in [1.29, 1.82) is 0 Å². The van der Waals surface area contributed by atoms with Crippen molar-refractivity contribution in [2.24, 2.45) is 11.8 Å². The first kappa shape index (κ1) is 23.5. The molecule has 2 amide bonds. The topological polar surface area (TPSA) is 103 Å². The standard InChI is InChI=1S/C27H25ClN6O4/c28-18-6-8-19(9-7-18)34-24(29-30-31-34)23(17-4-2-1-3-5-17)33-16-27-11-10-20(38-27)21(22(27)26(33)36)25(35)32-12-14-37-15-13-32/h1-11,20-23H,12-16H2/t20-,21+,22-,23-,27+/m1/s1. The smallest absolute Gasteiger partial charge is 0.230 e. The fourth-order valence-corrected chi connectivity index (χ4v) is 6.38. The molecule has 5 atom stereocenters. The lowest BCUT2D eigenvalue weighted by Crippen LogP contribution is -2.49. The van der Waals surface area contributed by atoms with Crippen molar-refractivity contribution in [3.05, 3.63) is 83.2 Å². The van der Waals surface area contributed by atoms with Gasteiger partial charge in [-0.2, -0.15) is 4.68 Å². The first-order valence-electron chi connectivity index (χ1n) is 12.7. The third kappa shape index (κ3) is 3.58. The summed E-state index contributed by atoms with van der Waals surface area (Å²) >= 11 is 6.11. The van der Waals surface area contributed by atoms with Gasteiger partial charge < -0.3 is 19.3 Å². The van der Waals surface area contributed by atoms with Gasteiger partial charge in [-0.1, -0.05) is 54.1 Å². The van der Waals surface area contributed by atoms with Crippen LogP contribution in [0.2, 0.25) is 5.02 Å². The van der Waals surface area contributed by atoms with Gasteiger partial charge in [0.1, 0.15) is 11.6 Å². The molecule has 3 aromatic rings. The summed E-state index contributed by atoms with van der Waals surface area (Å²) in [5, 5.41) is 13.2. The highest BCUT2D eigenvalue weighted by molar-refractivity contribution is 6.30. The second kappa shape index (κ2) is 9.00. The maximum atomic E-state index is 14.3. The molecule has 2 aromatic carbocycles. The first-order chi connectivity index (χ1) is 18.6. The third-order valence-electron chi connectivity index (χ3n) is 7.97. The Morgan fingerprint density at radius 2 is 1.84 bits per heavy atom. The molecule has 0 saturated carbocycles. The Hall–Kier alpha value is -3.60. The molecule has 4 aliphatic rings. The minimum Gasteiger partial charge on any atom is -0.378 e. The molecule has 0 radical (unpaired) electrons. The Morgan fingerprint density at radius 3 is 2.61 bits per heavy atom. The molecule has 3 saturated heterocycles. The summed E-state index contributed by atoms with van der Waals surface area (Å²) in [5.74, 6) is -0.883. The summed E-state index contributed by atoms with van der Waals surface area (Å²) in [6.07, 6.45) is 3.50. The molecule has 3 fully saturated rings. The Balaban J connectivity index is 1.28. The summed E-state index contributed by atoms with van der Waals surface area (Å²) in [6, 6.07) is 16.3. The van der Waals surface area contributed by atoms with Crippen molar-refractivity contribution in [3.8, 4) is 5.69 Å². The molecule has 10 nitrogen and oxygen atoms in total.